The zero-order chi connectivity index (χ0) is 16.8. The number of benzene rings is 2. The van der Waals surface area contributed by atoms with E-state index in [1.807, 2.05) is 18.2 Å². The summed E-state index contributed by atoms with van der Waals surface area (Å²) in [4.78, 5) is 2.40. The van der Waals surface area contributed by atoms with Crippen molar-refractivity contribution in [3.8, 4) is 5.75 Å². The van der Waals surface area contributed by atoms with Crippen LogP contribution in [0.3, 0.4) is 0 Å². The predicted molar refractivity (Wildman–Crippen MR) is 102 cm³/mol. The molecule has 0 atom stereocenters. The van der Waals surface area contributed by atoms with Gasteiger partial charge < -0.3 is 15.0 Å². The fraction of sp³-hybridized carbons (Fsp3) is 0.400. The highest BCUT2D eigenvalue weighted by molar-refractivity contribution is 9.10. The zero-order valence-corrected chi connectivity index (χ0v) is 15.8. The van der Waals surface area contributed by atoms with Gasteiger partial charge in [-0.1, -0.05) is 52.3 Å². The Kier molecular flexibility index (Phi) is 6.30. The lowest BCUT2D eigenvalue weighted by atomic mass is 10.1. The number of rotatable bonds is 6. The number of ether oxygens (including phenoxy) is 1. The topological polar surface area (TPSA) is 24.5 Å². The van der Waals surface area contributed by atoms with E-state index in [1.54, 1.807) is 0 Å². The van der Waals surface area contributed by atoms with Crippen LogP contribution in [0.2, 0.25) is 0 Å². The lowest BCUT2D eigenvalue weighted by molar-refractivity contribution is 0.234. The summed E-state index contributed by atoms with van der Waals surface area (Å²) in [5, 5.41) is 3.68. The first-order valence-electron chi connectivity index (χ1n) is 8.58. The molecule has 2 aromatic carbocycles. The Balaban J connectivity index is 1.51. The van der Waals surface area contributed by atoms with Crippen molar-refractivity contribution in [2.45, 2.75) is 32.0 Å². The smallest absolute Gasteiger partial charge is 0.120 e. The van der Waals surface area contributed by atoms with Gasteiger partial charge in [0.15, 0.2) is 0 Å². The molecule has 24 heavy (non-hydrogen) atoms. The molecule has 0 radical (unpaired) electrons. The third kappa shape index (κ3) is 5.07. The minimum atomic E-state index is 0.598. The molecule has 1 saturated heterocycles. The van der Waals surface area contributed by atoms with Crippen LogP contribution in [0.1, 0.15) is 24.0 Å². The summed E-state index contributed by atoms with van der Waals surface area (Å²) in [5.74, 6) is 0.897. The molecule has 0 saturated carbocycles. The molecule has 3 rings (SSSR count). The Morgan fingerprint density at radius 3 is 2.58 bits per heavy atom. The van der Waals surface area contributed by atoms with Gasteiger partial charge in [0.25, 0.3) is 0 Å². The summed E-state index contributed by atoms with van der Waals surface area (Å²) < 4.78 is 6.98. The molecular formula is C20H25BrN2O. The molecule has 128 valence electrons. The second-order valence-electron chi connectivity index (χ2n) is 6.49. The standard InChI is InChI=1S/C20H25BrN2O/c1-23-11-9-18(10-12-23)22-14-17-7-8-19(13-20(17)21)24-15-16-5-3-2-4-6-16/h2-8,13,18,22H,9-12,14-15H2,1H3. The van der Waals surface area contributed by atoms with Crippen LogP contribution < -0.4 is 10.1 Å². The van der Waals surface area contributed by atoms with Crippen LogP contribution in [0.4, 0.5) is 0 Å². The van der Waals surface area contributed by atoms with Crippen LogP contribution in [0.25, 0.3) is 0 Å². The summed E-state index contributed by atoms with van der Waals surface area (Å²) in [6.45, 7) is 3.87. The lowest BCUT2D eigenvalue weighted by Gasteiger charge is -2.29. The third-order valence-corrected chi connectivity index (χ3v) is 5.31. The number of hydrogen-bond donors (Lipinski definition) is 1. The van der Waals surface area contributed by atoms with Gasteiger partial charge in [-0.3, -0.25) is 0 Å². The maximum atomic E-state index is 5.88. The van der Waals surface area contributed by atoms with Gasteiger partial charge in [0, 0.05) is 17.1 Å². The van der Waals surface area contributed by atoms with E-state index in [2.05, 4.69) is 63.5 Å². The van der Waals surface area contributed by atoms with Crippen LogP contribution in [-0.4, -0.2) is 31.1 Å². The number of nitrogens with zero attached hydrogens (tertiary/aromatic N) is 1. The molecule has 4 heteroatoms. The number of likely N-dealkylation sites (tertiary alicyclic amines) is 1. The summed E-state index contributed by atoms with van der Waals surface area (Å²) in [5.41, 5.74) is 2.46. The van der Waals surface area contributed by atoms with Gasteiger partial charge in [0.1, 0.15) is 12.4 Å². The molecule has 2 aromatic rings. The number of piperidine rings is 1. The fourth-order valence-electron chi connectivity index (χ4n) is 2.97. The highest BCUT2D eigenvalue weighted by Gasteiger charge is 2.16. The van der Waals surface area contributed by atoms with Crippen LogP contribution in [0.5, 0.6) is 5.75 Å². The Morgan fingerprint density at radius 1 is 1.12 bits per heavy atom. The Labute approximate surface area is 153 Å². The molecule has 0 spiro atoms. The molecule has 1 aliphatic heterocycles. The van der Waals surface area contributed by atoms with E-state index < -0.39 is 0 Å². The molecule has 1 aliphatic rings. The van der Waals surface area contributed by atoms with Crippen LogP contribution in [0, 0.1) is 0 Å². The first kappa shape index (κ1) is 17.5. The molecule has 0 bridgehead atoms. The second kappa shape index (κ2) is 8.65. The number of nitrogens with one attached hydrogen (secondary N) is 1. The van der Waals surface area contributed by atoms with Crippen molar-refractivity contribution in [1.29, 1.82) is 0 Å². The normalized spacial score (nSPS) is 16.2. The van der Waals surface area contributed by atoms with E-state index >= 15 is 0 Å². The molecular weight excluding hydrogens is 364 g/mol. The third-order valence-electron chi connectivity index (χ3n) is 4.57. The maximum absolute atomic E-state index is 5.88. The second-order valence-corrected chi connectivity index (χ2v) is 7.34. The van der Waals surface area contributed by atoms with E-state index in [-0.39, 0.29) is 0 Å². The lowest BCUT2D eigenvalue weighted by Crippen LogP contribution is -2.40. The molecule has 3 nitrogen and oxygen atoms in total. The number of halogens is 1. The van der Waals surface area contributed by atoms with Crippen molar-refractivity contribution in [3.05, 3.63) is 64.1 Å². The molecule has 1 N–H and O–H groups in total. The van der Waals surface area contributed by atoms with E-state index in [1.165, 1.54) is 37.1 Å². The van der Waals surface area contributed by atoms with Gasteiger partial charge >= 0.3 is 0 Å². The summed E-state index contributed by atoms with van der Waals surface area (Å²) in [7, 11) is 2.20. The van der Waals surface area contributed by atoms with Gasteiger partial charge in [-0.05, 0) is 56.2 Å². The van der Waals surface area contributed by atoms with Crippen LogP contribution in [-0.2, 0) is 13.2 Å². The predicted octanol–water partition coefficient (Wildman–Crippen LogP) is 4.21. The highest BCUT2D eigenvalue weighted by Crippen LogP contribution is 2.24. The Morgan fingerprint density at radius 2 is 1.88 bits per heavy atom. The van der Waals surface area contributed by atoms with Crippen molar-refractivity contribution < 1.29 is 4.74 Å². The minimum Gasteiger partial charge on any atom is -0.489 e. The van der Waals surface area contributed by atoms with Crippen molar-refractivity contribution in [2.24, 2.45) is 0 Å². The molecule has 1 heterocycles. The molecule has 1 fully saturated rings. The van der Waals surface area contributed by atoms with Gasteiger partial charge in [0.2, 0.25) is 0 Å². The molecule has 0 aromatic heterocycles. The van der Waals surface area contributed by atoms with Gasteiger partial charge in [0.05, 0.1) is 0 Å². The SMILES string of the molecule is CN1CCC(NCc2ccc(OCc3ccccc3)cc2Br)CC1. The summed E-state index contributed by atoms with van der Waals surface area (Å²) in [6.07, 6.45) is 2.46. The van der Waals surface area contributed by atoms with Crippen molar-refractivity contribution >= 4 is 15.9 Å². The van der Waals surface area contributed by atoms with E-state index in [4.69, 9.17) is 4.74 Å². The summed E-state index contributed by atoms with van der Waals surface area (Å²) in [6, 6.07) is 17.1. The highest BCUT2D eigenvalue weighted by atomic mass is 79.9. The zero-order valence-electron chi connectivity index (χ0n) is 14.2. The fourth-order valence-corrected chi connectivity index (χ4v) is 3.47. The van der Waals surface area contributed by atoms with Crippen LogP contribution >= 0.6 is 15.9 Å². The van der Waals surface area contributed by atoms with E-state index in [0.29, 0.717) is 12.6 Å². The van der Waals surface area contributed by atoms with Crippen molar-refractivity contribution in [3.63, 3.8) is 0 Å². The van der Waals surface area contributed by atoms with E-state index in [9.17, 15) is 0 Å². The first-order valence-corrected chi connectivity index (χ1v) is 9.37. The largest absolute Gasteiger partial charge is 0.489 e. The average molecular weight is 389 g/mol. The van der Waals surface area contributed by atoms with Gasteiger partial charge in [-0.25, -0.2) is 0 Å². The van der Waals surface area contributed by atoms with Crippen LogP contribution in [0.15, 0.2) is 53.0 Å². The Hall–Kier alpha value is -1.36. The molecule has 0 amide bonds. The summed E-state index contributed by atoms with van der Waals surface area (Å²) >= 11 is 3.68. The average Bonchev–Trinajstić information content (AvgIpc) is 2.61. The quantitative estimate of drug-likeness (QED) is 0.801. The van der Waals surface area contributed by atoms with Crippen molar-refractivity contribution in [1.82, 2.24) is 10.2 Å². The molecule has 0 aliphatic carbocycles. The molecule has 0 unspecified atom stereocenters. The monoisotopic (exact) mass is 388 g/mol. The van der Waals surface area contributed by atoms with Crippen molar-refractivity contribution in [2.75, 3.05) is 20.1 Å². The minimum absolute atomic E-state index is 0.598. The van der Waals surface area contributed by atoms with Gasteiger partial charge in [-0.2, -0.15) is 0 Å². The Bertz CT molecular complexity index is 639. The van der Waals surface area contributed by atoms with E-state index in [0.717, 1.165) is 16.8 Å². The maximum Gasteiger partial charge on any atom is 0.120 e. The number of hydrogen-bond acceptors (Lipinski definition) is 3. The van der Waals surface area contributed by atoms with Gasteiger partial charge in [-0.15, -0.1) is 0 Å². The first-order chi connectivity index (χ1) is 11.7.